The molecule has 10 aromatic rings. The Labute approximate surface area is 385 Å². The fraction of sp³-hybridized carbons (Fsp3) is 0.167. The molecule has 1 aliphatic carbocycles. The molecule has 13 rings (SSSR count). The average Bonchev–Trinajstić information content (AvgIpc) is 3.89. The largest absolute Gasteiger partial charge is 0.455 e. The van der Waals surface area contributed by atoms with Gasteiger partial charge >= 0.3 is 0 Å². The van der Waals surface area contributed by atoms with E-state index in [1.807, 2.05) is 11.3 Å². The summed E-state index contributed by atoms with van der Waals surface area (Å²) < 4.78 is 9.87. The van der Waals surface area contributed by atoms with E-state index < -0.39 is 5.41 Å². The van der Waals surface area contributed by atoms with E-state index in [1.54, 1.807) is 0 Å². The number of nitrogens with one attached hydrogen (secondary N) is 1. The normalized spacial score (nSPS) is 16.2. The molecule has 0 saturated heterocycles. The lowest BCUT2D eigenvalue weighted by molar-refractivity contribution is 0.332. The summed E-state index contributed by atoms with van der Waals surface area (Å²) in [6.45, 7) is 12.1. The molecule has 0 spiro atoms. The van der Waals surface area contributed by atoms with Crippen molar-refractivity contribution in [3.8, 4) is 11.1 Å². The highest BCUT2D eigenvalue weighted by atomic mass is 32.1. The van der Waals surface area contributed by atoms with Gasteiger partial charge in [0.2, 0.25) is 7.28 Å². The standard InChI is InChI=1S/C60H49BN2OS/c1-36-33-45-46(59(4,5)32-31-58(45,2)3)35-48(36)63-49-34-42-39-23-12-16-29-50(39)64-56(42)52(53(49)61-57-55(63)40-24-13-17-30-51(40)65-57)41-25-18-27-44-54(41)62-47-28-15-14-26-43(47)60(44,37-19-8-6-9-20-37)38-21-10-7-11-22-38/h6-30,33-35,61-62H,31-32H2,1-5H3. The van der Waals surface area contributed by atoms with Crippen molar-refractivity contribution in [2.24, 2.45) is 0 Å². The molecule has 2 aliphatic heterocycles. The van der Waals surface area contributed by atoms with Gasteiger partial charge in [-0.2, -0.15) is 0 Å². The summed E-state index contributed by atoms with van der Waals surface area (Å²) in [5, 5.41) is 7.66. The van der Waals surface area contributed by atoms with Crippen molar-refractivity contribution in [1.29, 1.82) is 0 Å². The molecule has 0 saturated carbocycles. The van der Waals surface area contributed by atoms with Gasteiger partial charge in [-0.15, -0.1) is 11.3 Å². The number of thiophene rings is 1. The first kappa shape index (κ1) is 38.6. The SMILES string of the molecule is Cc1cc2c(cc1N1c3cc4c(oc5ccccc54)c(-c4cccc5c4Nc4ccccc4C5(c4ccccc4)c4ccccc4)c3Bc3sc4ccccc4c31)C(C)(C)CCC2(C)C. The van der Waals surface area contributed by atoms with Gasteiger partial charge in [-0.25, -0.2) is 0 Å². The minimum absolute atomic E-state index is 0.0520. The van der Waals surface area contributed by atoms with Crippen LogP contribution in [-0.4, -0.2) is 7.28 Å². The molecule has 65 heavy (non-hydrogen) atoms. The third-order valence-corrected chi connectivity index (χ3v) is 16.5. The molecule has 0 atom stereocenters. The molecule has 5 heteroatoms. The van der Waals surface area contributed by atoms with Crippen molar-refractivity contribution in [2.45, 2.75) is 63.7 Å². The number of benzene rings is 8. The van der Waals surface area contributed by atoms with Crippen LogP contribution in [0.2, 0.25) is 0 Å². The maximum Gasteiger partial charge on any atom is 0.211 e. The van der Waals surface area contributed by atoms with E-state index in [9.17, 15) is 0 Å². The average molecular weight is 857 g/mol. The fourth-order valence-corrected chi connectivity index (χ4v) is 13.2. The lowest BCUT2D eigenvalue weighted by atomic mass is 9.60. The molecule has 0 unspecified atom stereocenters. The Balaban J connectivity index is 1.16. The van der Waals surface area contributed by atoms with Gasteiger partial charge < -0.3 is 14.6 Å². The molecule has 314 valence electrons. The zero-order valence-corrected chi connectivity index (χ0v) is 38.4. The first-order chi connectivity index (χ1) is 31.6. The smallest absolute Gasteiger partial charge is 0.211 e. The van der Waals surface area contributed by atoms with Crippen LogP contribution in [0, 0.1) is 6.92 Å². The minimum Gasteiger partial charge on any atom is -0.455 e. The maximum absolute atomic E-state index is 7.18. The van der Waals surface area contributed by atoms with Crippen LogP contribution >= 0.6 is 11.3 Å². The predicted molar refractivity (Wildman–Crippen MR) is 277 cm³/mol. The van der Waals surface area contributed by atoms with Crippen LogP contribution in [0.15, 0.2) is 174 Å². The van der Waals surface area contributed by atoms with E-state index in [-0.39, 0.29) is 10.8 Å². The highest BCUT2D eigenvalue weighted by Crippen LogP contribution is 2.57. The molecule has 0 fully saturated rings. The zero-order chi connectivity index (χ0) is 43.8. The molecule has 0 radical (unpaired) electrons. The van der Waals surface area contributed by atoms with E-state index in [2.05, 4.69) is 215 Å². The molecule has 1 N–H and O–H groups in total. The van der Waals surface area contributed by atoms with Crippen LogP contribution in [0.5, 0.6) is 0 Å². The highest BCUT2D eigenvalue weighted by Gasteiger charge is 2.46. The van der Waals surface area contributed by atoms with E-state index in [0.717, 1.165) is 58.1 Å². The number of aryl methyl sites for hydroxylation is 1. The highest BCUT2D eigenvalue weighted by molar-refractivity contribution is 7.29. The van der Waals surface area contributed by atoms with Crippen LogP contribution in [0.4, 0.5) is 28.4 Å². The Kier molecular flexibility index (Phi) is 8.23. The van der Waals surface area contributed by atoms with E-state index >= 15 is 0 Å². The monoisotopic (exact) mass is 856 g/mol. The van der Waals surface area contributed by atoms with Crippen LogP contribution in [0.1, 0.15) is 79.5 Å². The first-order valence-electron chi connectivity index (χ1n) is 23.2. The van der Waals surface area contributed by atoms with Crippen molar-refractivity contribution < 1.29 is 4.42 Å². The molecule has 0 bridgehead atoms. The number of furan rings is 1. The van der Waals surface area contributed by atoms with Gasteiger partial charge in [-0.1, -0.05) is 167 Å². The van der Waals surface area contributed by atoms with Crippen molar-refractivity contribution in [2.75, 3.05) is 10.2 Å². The lowest BCUT2D eigenvalue weighted by Crippen LogP contribution is -2.40. The van der Waals surface area contributed by atoms with Gasteiger partial charge in [-0.3, -0.25) is 0 Å². The Hall–Kier alpha value is -6.82. The number of para-hydroxylation sites is 3. The van der Waals surface area contributed by atoms with Crippen molar-refractivity contribution in [1.82, 2.24) is 0 Å². The van der Waals surface area contributed by atoms with E-state index in [0.29, 0.717) is 0 Å². The van der Waals surface area contributed by atoms with Crippen LogP contribution in [-0.2, 0) is 16.2 Å². The topological polar surface area (TPSA) is 28.4 Å². The Morgan fingerprint density at radius 1 is 0.585 bits per heavy atom. The summed E-state index contributed by atoms with van der Waals surface area (Å²) in [5.41, 5.74) is 20.2. The van der Waals surface area contributed by atoms with Gasteiger partial charge in [0.1, 0.15) is 11.2 Å². The van der Waals surface area contributed by atoms with Gasteiger partial charge in [0.05, 0.1) is 16.8 Å². The van der Waals surface area contributed by atoms with Crippen molar-refractivity contribution in [3.63, 3.8) is 0 Å². The Morgan fingerprint density at radius 3 is 1.97 bits per heavy atom. The third-order valence-electron chi connectivity index (χ3n) is 15.3. The zero-order valence-electron chi connectivity index (χ0n) is 37.6. The molecule has 0 amide bonds. The number of nitrogens with zero attached hydrogens (tertiary/aromatic N) is 1. The van der Waals surface area contributed by atoms with Crippen molar-refractivity contribution >= 4 is 89.3 Å². The molecular formula is C60H49BN2OS. The molecule has 2 aromatic heterocycles. The van der Waals surface area contributed by atoms with Crippen LogP contribution < -0.4 is 20.5 Å². The second kappa shape index (κ2) is 13.8. The fourth-order valence-electron chi connectivity index (χ4n) is 12.0. The second-order valence-corrected chi connectivity index (χ2v) is 21.1. The molecule has 3 nitrogen and oxygen atoms in total. The predicted octanol–water partition coefficient (Wildman–Crippen LogP) is 14.7. The molecule has 8 aromatic carbocycles. The number of hydrogen-bond donors (Lipinski definition) is 1. The quantitative estimate of drug-likeness (QED) is 0.179. The van der Waals surface area contributed by atoms with E-state index in [4.69, 9.17) is 4.42 Å². The molecule has 3 aliphatic rings. The van der Waals surface area contributed by atoms with Crippen LogP contribution in [0.25, 0.3) is 43.2 Å². The summed E-state index contributed by atoms with van der Waals surface area (Å²) in [5.74, 6) is 0. The number of hydrogen-bond acceptors (Lipinski definition) is 4. The van der Waals surface area contributed by atoms with Gasteiger partial charge in [0.15, 0.2) is 0 Å². The van der Waals surface area contributed by atoms with E-state index in [1.165, 1.54) is 82.8 Å². The minimum atomic E-state index is -0.594. The summed E-state index contributed by atoms with van der Waals surface area (Å²) in [4.78, 5) is 2.65. The second-order valence-electron chi connectivity index (χ2n) is 19.9. The number of fused-ring (bicyclic) bond motifs is 10. The van der Waals surface area contributed by atoms with Gasteiger partial charge in [0.25, 0.3) is 0 Å². The van der Waals surface area contributed by atoms with Crippen LogP contribution in [0.3, 0.4) is 0 Å². The van der Waals surface area contributed by atoms with Gasteiger partial charge in [0, 0.05) is 49.0 Å². The first-order valence-corrected chi connectivity index (χ1v) is 24.0. The molecular weight excluding hydrogens is 808 g/mol. The summed E-state index contributed by atoms with van der Waals surface area (Å²) in [6.07, 6.45) is 2.34. The molecule has 4 heterocycles. The lowest BCUT2D eigenvalue weighted by Gasteiger charge is -2.44. The van der Waals surface area contributed by atoms with Gasteiger partial charge in [-0.05, 0) is 110 Å². The Morgan fingerprint density at radius 2 is 1.22 bits per heavy atom. The van der Waals surface area contributed by atoms with Crippen molar-refractivity contribution in [3.05, 3.63) is 209 Å². The summed E-state index contributed by atoms with van der Waals surface area (Å²) in [6, 6.07) is 63.2. The number of rotatable bonds is 4. The maximum atomic E-state index is 7.18. The summed E-state index contributed by atoms with van der Waals surface area (Å²) >= 11 is 1.94. The third kappa shape index (κ3) is 5.42. The number of anilines is 5. The Bertz CT molecular complexity index is 3540. The summed E-state index contributed by atoms with van der Waals surface area (Å²) in [7, 11) is 0.786.